The second-order valence-electron chi connectivity index (χ2n) is 5.27. The average Bonchev–Trinajstić information content (AvgIpc) is 2.89. The molecule has 1 aromatic rings. The molecule has 2 aliphatic heterocycles. The Morgan fingerprint density at radius 2 is 2.30 bits per heavy atom. The van der Waals surface area contributed by atoms with Crippen LogP contribution in [0.4, 0.5) is 0 Å². The Morgan fingerprint density at radius 1 is 1.45 bits per heavy atom. The minimum atomic E-state index is -0.206. The van der Waals surface area contributed by atoms with Crippen LogP contribution in [0.2, 0.25) is 0 Å². The lowest BCUT2D eigenvalue weighted by atomic mass is 10.0. The summed E-state index contributed by atoms with van der Waals surface area (Å²) in [5, 5.41) is 5.95. The van der Waals surface area contributed by atoms with E-state index >= 15 is 0 Å². The fourth-order valence-electron chi connectivity index (χ4n) is 2.19. The van der Waals surface area contributed by atoms with Gasteiger partial charge < -0.3 is 24.8 Å². The molecule has 108 valence electrons. The molecule has 0 bridgehead atoms. The Hall–Kier alpha value is -1.79. The van der Waals surface area contributed by atoms with Gasteiger partial charge in [0.1, 0.15) is 6.61 Å². The van der Waals surface area contributed by atoms with Crippen LogP contribution in [0.3, 0.4) is 0 Å². The van der Waals surface area contributed by atoms with E-state index in [0.717, 1.165) is 24.4 Å². The third-order valence-electron chi connectivity index (χ3n) is 3.50. The zero-order valence-corrected chi connectivity index (χ0v) is 11.4. The zero-order chi connectivity index (χ0) is 14.0. The van der Waals surface area contributed by atoms with Crippen LogP contribution in [-0.4, -0.2) is 38.0 Å². The molecule has 2 N–H and O–H groups in total. The Bertz CT molecular complexity index is 514. The number of carbonyl (C=O) groups excluding carboxylic acids is 1. The molecule has 6 heteroatoms. The molecular formula is C14H18N2O4. The van der Waals surface area contributed by atoms with Crippen molar-refractivity contribution in [1.82, 2.24) is 10.6 Å². The predicted molar refractivity (Wildman–Crippen MR) is 71.6 cm³/mol. The topological polar surface area (TPSA) is 68.8 Å². The molecule has 2 heterocycles. The van der Waals surface area contributed by atoms with E-state index in [0.29, 0.717) is 12.3 Å². The van der Waals surface area contributed by atoms with Crippen LogP contribution in [0, 0.1) is 0 Å². The number of hydrogen-bond donors (Lipinski definition) is 2. The van der Waals surface area contributed by atoms with E-state index in [4.69, 9.17) is 14.2 Å². The molecule has 0 unspecified atom stereocenters. The van der Waals surface area contributed by atoms with Crippen LogP contribution < -0.4 is 20.1 Å². The maximum atomic E-state index is 11.8. The number of benzene rings is 1. The van der Waals surface area contributed by atoms with Gasteiger partial charge in [0.25, 0.3) is 0 Å². The lowest BCUT2D eigenvalue weighted by Crippen LogP contribution is -2.59. The van der Waals surface area contributed by atoms with Crippen molar-refractivity contribution in [3.8, 4) is 11.5 Å². The molecule has 0 spiro atoms. The summed E-state index contributed by atoms with van der Waals surface area (Å²) in [7, 11) is 0. The number of ether oxygens (including phenoxy) is 3. The molecule has 0 aliphatic carbocycles. The van der Waals surface area contributed by atoms with Gasteiger partial charge in [0.2, 0.25) is 12.7 Å². The lowest BCUT2D eigenvalue weighted by molar-refractivity contribution is -0.136. The van der Waals surface area contributed by atoms with Crippen molar-refractivity contribution in [2.75, 3.05) is 26.5 Å². The fourth-order valence-corrected chi connectivity index (χ4v) is 2.19. The molecule has 0 saturated carbocycles. The van der Waals surface area contributed by atoms with Crippen molar-refractivity contribution < 1.29 is 19.0 Å². The minimum absolute atomic E-state index is 0.0740. The second-order valence-corrected chi connectivity index (χ2v) is 5.27. The van der Waals surface area contributed by atoms with Gasteiger partial charge in [-0.15, -0.1) is 0 Å². The molecule has 0 atom stereocenters. The Kier molecular flexibility index (Phi) is 3.50. The van der Waals surface area contributed by atoms with Crippen molar-refractivity contribution in [1.29, 1.82) is 0 Å². The molecule has 1 fully saturated rings. The van der Waals surface area contributed by atoms with Crippen LogP contribution in [0.15, 0.2) is 18.2 Å². The minimum Gasteiger partial charge on any atom is -0.454 e. The van der Waals surface area contributed by atoms with Gasteiger partial charge in [-0.3, -0.25) is 4.79 Å². The molecule has 1 amide bonds. The average molecular weight is 278 g/mol. The van der Waals surface area contributed by atoms with Crippen molar-refractivity contribution in [2.24, 2.45) is 0 Å². The third kappa shape index (κ3) is 2.71. The molecule has 20 heavy (non-hydrogen) atoms. The first-order chi connectivity index (χ1) is 9.66. The van der Waals surface area contributed by atoms with Gasteiger partial charge >= 0.3 is 0 Å². The number of para-hydroxylation sites is 1. The van der Waals surface area contributed by atoms with Gasteiger partial charge in [0.15, 0.2) is 11.5 Å². The Morgan fingerprint density at radius 3 is 3.05 bits per heavy atom. The van der Waals surface area contributed by atoms with E-state index < -0.39 is 0 Å². The lowest BCUT2D eigenvalue weighted by Gasteiger charge is -2.38. The standard InChI is InChI=1S/C14H18N2O4/c1-14(7-15-8-14)20-6-12(17)16-5-10-3-2-4-11-13(10)19-9-18-11/h2-4,15H,5-9H2,1H3,(H,16,17). The van der Waals surface area contributed by atoms with E-state index in [2.05, 4.69) is 10.6 Å². The normalized spacial score (nSPS) is 18.4. The highest BCUT2D eigenvalue weighted by Gasteiger charge is 2.33. The van der Waals surface area contributed by atoms with Gasteiger partial charge in [-0.05, 0) is 13.0 Å². The second kappa shape index (κ2) is 5.30. The summed E-state index contributed by atoms with van der Waals surface area (Å²) >= 11 is 0. The molecule has 1 saturated heterocycles. The van der Waals surface area contributed by atoms with E-state index in [1.165, 1.54) is 0 Å². The van der Waals surface area contributed by atoms with Crippen LogP contribution in [0.1, 0.15) is 12.5 Å². The largest absolute Gasteiger partial charge is 0.454 e. The molecular weight excluding hydrogens is 260 g/mol. The van der Waals surface area contributed by atoms with Crippen LogP contribution in [0.25, 0.3) is 0 Å². The molecule has 2 aliphatic rings. The number of hydrogen-bond acceptors (Lipinski definition) is 5. The van der Waals surface area contributed by atoms with Crippen LogP contribution >= 0.6 is 0 Å². The van der Waals surface area contributed by atoms with Crippen molar-refractivity contribution in [2.45, 2.75) is 19.1 Å². The van der Waals surface area contributed by atoms with Gasteiger partial charge in [0, 0.05) is 25.2 Å². The summed E-state index contributed by atoms with van der Waals surface area (Å²) in [5.74, 6) is 1.31. The molecule has 0 radical (unpaired) electrons. The maximum absolute atomic E-state index is 11.8. The maximum Gasteiger partial charge on any atom is 0.246 e. The van der Waals surface area contributed by atoms with E-state index in [1.54, 1.807) is 0 Å². The first kappa shape index (κ1) is 13.2. The van der Waals surface area contributed by atoms with Crippen molar-refractivity contribution >= 4 is 5.91 Å². The summed E-state index contributed by atoms with van der Waals surface area (Å²) in [6.07, 6.45) is 0. The number of amides is 1. The number of nitrogens with one attached hydrogen (secondary N) is 2. The number of carbonyl (C=O) groups is 1. The molecule has 3 rings (SSSR count). The van der Waals surface area contributed by atoms with E-state index in [1.807, 2.05) is 25.1 Å². The highest BCUT2D eigenvalue weighted by Crippen LogP contribution is 2.35. The summed E-state index contributed by atoms with van der Waals surface area (Å²) < 4.78 is 16.3. The molecule has 0 aromatic heterocycles. The van der Waals surface area contributed by atoms with Crippen LogP contribution in [-0.2, 0) is 16.1 Å². The fraction of sp³-hybridized carbons (Fsp3) is 0.500. The predicted octanol–water partition coefficient (Wildman–Crippen LogP) is 0.410. The van der Waals surface area contributed by atoms with Gasteiger partial charge in [-0.1, -0.05) is 12.1 Å². The molecule has 6 nitrogen and oxygen atoms in total. The first-order valence-electron chi connectivity index (χ1n) is 6.65. The van der Waals surface area contributed by atoms with Crippen molar-refractivity contribution in [3.63, 3.8) is 0 Å². The monoisotopic (exact) mass is 278 g/mol. The first-order valence-corrected chi connectivity index (χ1v) is 6.65. The summed E-state index contributed by atoms with van der Waals surface area (Å²) in [4.78, 5) is 11.8. The highest BCUT2D eigenvalue weighted by molar-refractivity contribution is 5.77. The summed E-state index contributed by atoms with van der Waals surface area (Å²) in [5.41, 5.74) is 0.701. The van der Waals surface area contributed by atoms with E-state index in [9.17, 15) is 4.79 Å². The zero-order valence-electron chi connectivity index (χ0n) is 11.4. The SMILES string of the molecule is CC1(OCC(=O)NCc2cccc3c2OCO3)CNC1. The quantitative estimate of drug-likeness (QED) is 0.816. The van der Waals surface area contributed by atoms with Gasteiger partial charge in [0.05, 0.1) is 5.60 Å². The highest BCUT2D eigenvalue weighted by atomic mass is 16.7. The molecule has 1 aromatic carbocycles. The summed E-state index contributed by atoms with van der Waals surface area (Å²) in [6, 6.07) is 5.64. The number of rotatable bonds is 5. The van der Waals surface area contributed by atoms with Gasteiger partial charge in [-0.25, -0.2) is 0 Å². The van der Waals surface area contributed by atoms with Crippen molar-refractivity contribution in [3.05, 3.63) is 23.8 Å². The third-order valence-corrected chi connectivity index (χ3v) is 3.50. The van der Waals surface area contributed by atoms with Crippen LogP contribution in [0.5, 0.6) is 11.5 Å². The number of fused-ring (bicyclic) bond motifs is 1. The van der Waals surface area contributed by atoms with E-state index in [-0.39, 0.29) is 24.9 Å². The Balaban J connectivity index is 1.49. The smallest absolute Gasteiger partial charge is 0.246 e. The Labute approximate surface area is 117 Å². The van der Waals surface area contributed by atoms with Gasteiger partial charge in [-0.2, -0.15) is 0 Å². The summed E-state index contributed by atoms with van der Waals surface area (Å²) in [6.45, 7) is 4.28.